The maximum atomic E-state index is 9.85. The molecular weight excluding hydrogens is 206 g/mol. The van der Waals surface area contributed by atoms with E-state index in [0.717, 1.165) is 24.9 Å². The van der Waals surface area contributed by atoms with Gasteiger partial charge in [-0.3, -0.25) is 0 Å². The van der Waals surface area contributed by atoms with E-state index in [2.05, 4.69) is 12.2 Å². The number of fused-ring (bicyclic) bond motifs is 1. The fourth-order valence-corrected chi connectivity index (χ4v) is 2.45. The summed E-state index contributed by atoms with van der Waals surface area (Å²) >= 11 is 0. The fraction of sp³-hybridized carbons (Fsp3) is 0.500. The lowest BCUT2D eigenvalue weighted by molar-refractivity contribution is 0.171. The standard InChI is InChI=1S/C12H15NO3/c1-12(3-2-4-13-12)8-5-9(14)11-10(6-8)15-7-16-11/h5-6,13-14H,2-4,7H2,1H3. The smallest absolute Gasteiger partial charge is 0.231 e. The van der Waals surface area contributed by atoms with Crippen LogP contribution >= 0.6 is 0 Å². The van der Waals surface area contributed by atoms with E-state index in [1.165, 1.54) is 0 Å². The van der Waals surface area contributed by atoms with Gasteiger partial charge in [0.15, 0.2) is 11.5 Å². The third kappa shape index (κ3) is 1.33. The predicted octanol–water partition coefficient (Wildman–Crippen LogP) is 1.72. The van der Waals surface area contributed by atoms with Gasteiger partial charge in [-0.1, -0.05) is 0 Å². The molecule has 0 aromatic heterocycles. The number of benzene rings is 1. The lowest BCUT2D eigenvalue weighted by atomic mass is 9.90. The molecule has 1 aromatic carbocycles. The monoisotopic (exact) mass is 221 g/mol. The Hall–Kier alpha value is -1.42. The van der Waals surface area contributed by atoms with Crippen LogP contribution in [-0.4, -0.2) is 18.4 Å². The molecule has 1 saturated heterocycles. The minimum Gasteiger partial charge on any atom is -0.504 e. The zero-order chi connectivity index (χ0) is 11.2. The summed E-state index contributed by atoms with van der Waals surface area (Å²) in [6.45, 7) is 3.36. The first-order valence-corrected chi connectivity index (χ1v) is 5.57. The van der Waals surface area contributed by atoms with Gasteiger partial charge in [0.1, 0.15) is 0 Å². The van der Waals surface area contributed by atoms with Gasteiger partial charge in [-0.05, 0) is 44.0 Å². The van der Waals surface area contributed by atoms with E-state index in [-0.39, 0.29) is 18.1 Å². The second kappa shape index (κ2) is 3.28. The molecule has 0 bridgehead atoms. The van der Waals surface area contributed by atoms with Gasteiger partial charge in [0.25, 0.3) is 0 Å². The first kappa shape index (κ1) is 9.78. The Bertz CT molecular complexity index is 425. The zero-order valence-corrected chi connectivity index (χ0v) is 9.25. The molecule has 0 saturated carbocycles. The van der Waals surface area contributed by atoms with Crippen LogP contribution in [0.25, 0.3) is 0 Å². The number of hydrogen-bond donors (Lipinski definition) is 2. The van der Waals surface area contributed by atoms with Gasteiger partial charge in [-0.25, -0.2) is 0 Å². The summed E-state index contributed by atoms with van der Waals surface area (Å²) in [5.74, 6) is 1.27. The summed E-state index contributed by atoms with van der Waals surface area (Å²) in [7, 11) is 0. The third-order valence-corrected chi connectivity index (χ3v) is 3.46. The van der Waals surface area contributed by atoms with Crippen molar-refractivity contribution in [3.05, 3.63) is 17.7 Å². The molecule has 4 nitrogen and oxygen atoms in total. The molecule has 2 aliphatic rings. The topological polar surface area (TPSA) is 50.7 Å². The van der Waals surface area contributed by atoms with Crippen molar-refractivity contribution in [3.63, 3.8) is 0 Å². The van der Waals surface area contributed by atoms with Gasteiger partial charge in [-0.15, -0.1) is 0 Å². The fourth-order valence-electron chi connectivity index (χ4n) is 2.45. The van der Waals surface area contributed by atoms with E-state index < -0.39 is 0 Å². The van der Waals surface area contributed by atoms with Crippen LogP contribution < -0.4 is 14.8 Å². The average Bonchev–Trinajstić information content (AvgIpc) is 2.86. The van der Waals surface area contributed by atoms with Gasteiger partial charge < -0.3 is 19.9 Å². The highest BCUT2D eigenvalue weighted by atomic mass is 16.7. The van der Waals surface area contributed by atoms with Crippen LogP contribution in [0.2, 0.25) is 0 Å². The van der Waals surface area contributed by atoms with Crippen molar-refractivity contribution in [3.8, 4) is 17.2 Å². The lowest BCUT2D eigenvalue weighted by Gasteiger charge is -2.25. The van der Waals surface area contributed by atoms with E-state index in [1.807, 2.05) is 6.07 Å². The minimum absolute atomic E-state index is 0.0571. The molecule has 2 aliphatic heterocycles. The van der Waals surface area contributed by atoms with E-state index in [4.69, 9.17) is 9.47 Å². The van der Waals surface area contributed by atoms with Gasteiger partial charge >= 0.3 is 0 Å². The number of phenols is 1. The molecule has 16 heavy (non-hydrogen) atoms. The summed E-state index contributed by atoms with van der Waals surface area (Å²) in [5, 5.41) is 13.3. The number of hydrogen-bond acceptors (Lipinski definition) is 4. The van der Waals surface area contributed by atoms with Gasteiger partial charge in [0, 0.05) is 5.54 Å². The number of rotatable bonds is 1. The van der Waals surface area contributed by atoms with Crippen molar-refractivity contribution >= 4 is 0 Å². The maximum Gasteiger partial charge on any atom is 0.231 e. The highest BCUT2D eigenvalue weighted by Crippen LogP contribution is 2.44. The second-order valence-electron chi connectivity index (χ2n) is 4.59. The molecule has 4 heteroatoms. The van der Waals surface area contributed by atoms with Crippen LogP contribution in [0.1, 0.15) is 25.3 Å². The summed E-state index contributed by atoms with van der Waals surface area (Å²) < 4.78 is 10.5. The molecule has 0 spiro atoms. The Morgan fingerprint density at radius 1 is 1.38 bits per heavy atom. The number of nitrogens with one attached hydrogen (secondary N) is 1. The first-order chi connectivity index (χ1) is 7.69. The van der Waals surface area contributed by atoms with Gasteiger partial charge in [0.2, 0.25) is 12.5 Å². The summed E-state index contributed by atoms with van der Waals surface area (Å²) in [4.78, 5) is 0. The third-order valence-electron chi connectivity index (χ3n) is 3.46. The van der Waals surface area contributed by atoms with Crippen molar-refractivity contribution in [2.75, 3.05) is 13.3 Å². The number of aromatic hydroxyl groups is 1. The van der Waals surface area contributed by atoms with Crippen molar-refractivity contribution in [2.24, 2.45) is 0 Å². The van der Waals surface area contributed by atoms with Gasteiger partial charge in [-0.2, -0.15) is 0 Å². The van der Waals surface area contributed by atoms with E-state index in [0.29, 0.717) is 11.5 Å². The molecular formula is C12H15NO3. The molecule has 1 fully saturated rings. The summed E-state index contributed by atoms with van der Waals surface area (Å²) in [6, 6.07) is 3.73. The lowest BCUT2D eigenvalue weighted by Crippen LogP contribution is -2.32. The molecule has 1 unspecified atom stereocenters. The zero-order valence-electron chi connectivity index (χ0n) is 9.25. The molecule has 3 rings (SSSR count). The average molecular weight is 221 g/mol. The predicted molar refractivity (Wildman–Crippen MR) is 58.8 cm³/mol. The maximum absolute atomic E-state index is 9.85. The molecule has 1 aromatic rings. The number of phenolic OH excluding ortho intramolecular Hbond substituents is 1. The van der Waals surface area contributed by atoms with Gasteiger partial charge in [0.05, 0.1) is 0 Å². The normalized spacial score (nSPS) is 27.3. The molecule has 0 amide bonds. The van der Waals surface area contributed by atoms with Crippen LogP contribution in [0.4, 0.5) is 0 Å². The minimum atomic E-state index is -0.0571. The van der Waals surface area contributed by atoms with E-state index in [9.17, 15) is 5.11 Å². The Morgan fingerprint density at radius 3 is 3.00 bits per heavy atom. The Kier molecular flexibility index (Phi) is 2.01. The Morgan fingerprint density at radius 2 is 2.25 bits per heavy atom. The van der Waals surface area contributed by atoms with Crippen LogP contribution in [0, 0.1) is 0 Å². The molecule has 86 valence electrons. The van der Waals surface area contributed by atoms with Crippen LogP contribution in [-0.2, 0) is 5.54 Å². The largest absolute Gasteiger partial charge is 0.504 e. The van der Waals surface area contributed by atoms with Crippen molar-refractivity contribution in [2.45, 2.75) is 25.3 Å². The Labute approximate surface area is 94.2 Å². The quantitative estimate of drug-likeness (QED) is 0.758. The van der Waals surface area contributed by atoms with Crippen LogP contribution in [0.3, 0.4) is 0 Å². The Balaban J connectivity index is 2.05. The summed E-state index contributed by atoms with van der Waals surface area (Å²) in [5.41, 5.74) is 1.00. The van der Waals surface area contributed by atoms with Crippen molar-refractivity contribution in [1.82, 2.24) is 5.32 Å². The van der Waals surface area contributed by atoms with Crippen molar-refractivity contribution in [1.29, 1.82) is 0 Å². The number of ether oxygens (including phenoxy) is 2. The highest BCUT2D eigenvalue weighted by molar-refractivity contribution is 5.55. The molecule has 0 aliphatic carbocycles. The second-order valence-corrected chi connectivity index (χ2v) is 4.59. The van der Waals surface area contributed by atoms with Crippen LogP contribution in [0.5, 0.6) is 17.2 Å². The van der Waals surface area contributed by atoms with Crippen LogP contribution in [0.15, 0.2) is 12.1 Å². The molecule has 2 N–H and O–H groups in total. The van der Waals surface area contributed by atoms with Crippen molar-refractivity contribution < 1.29 is 14.6 Å². The molecule has 0 radical (unpaired) electrons. The highest BCUT2D eigenvalue weighted by Gasteiger charge is 2.32. The van der Waals surface area contributed by atoms with E-state index >= 15 is 0 Å². The first-order valence-electron chi connectivity index (χ1n) is 5.57. The van der Waals surface area contributed by atoms with E-state index in [1.54, 1.807) is 6.07 Å². The SMILES string of the molecule is CC1(c2cc(O)c3c(c2)OCO3)CCCN1. The summed E-state index contributed by atoms with van der Waals surface area (Å²) in [6.07, 6.45) is 2.23. The molecule has 2 heterocycles. The molecule has 1 atom stereocenters.